The highest BCUT2D eigenvalue weighted by molar-refractivity contribution is 6.56. The molecule has 1 aromatic heterocycles. The molecule has 22 heavy (non-hydrogen) atoms. The number of hydrogen-bond donors (Lipinski definition) is 1. The molecule has 1 heterocycles. The average Bonchev–Trinajstić information content (AvgIpc) is 2.43. The Morgan fingerprint density at radius 3 is 1.73 bits per heavy atom. The summed E-state index contributed by atoms with van der Waals surface area (Å²) < 4.78 is 39.6. The molecule has 0 aliphatic carbocycles. The summed E-state index contributed by atoms with van der Waals surface area (Å²) in [5.74, 6) is -0.423. The number of rotatable bonds is 1. The van der Waals surface area contributed by atoms with Gasteiger partial charge < -0.3 is 5.73 Å². The standard InChI is InChI=1S/C12H4Cl5F3N2/c13-6-5(7(14)9(16)10(17)8(6)15)4-3(12(18,19)20)1-2-22-11(4)21/h1-2H,(H2,21,22). The molecule has 0 amide bonds. The van der Waals surface area contributed by atoms with Gasteiger partial charge in [-0.15, -0.1) is 0 Å². The van der Waals surface area contributed by atoms with E-state index in [9.17, 15) is 13.2 Å². The van der Waals surface area contributed by atoms with Gasteiger partial charge in [0.25, 0.3) is 0 Å². The Morgan fingerprint density at radius 2 is 1.27 bits per heavy atom. The summed E-state index contributed by atoms with van der Waals surface area (Å²) in [6, 6.07) is 0.745. The third kappa shape index (κ3) is 2.93. The quantitative estimate of drug-likeness (QED) is 0.424. The second-order valence-electron chi connectivity index (χ2n) is 4.06. The molecule has 0 aliphatic heterocycles. The number of alkyl halides is 3. The molecule has 0 spiro atoms. The minimum atomic E-state index is -4.71. The summed E-state index contributed by atoms with van der Waals surface area (Å²) in [6.45, 7) is 0. The molecule has 2 nitrogen and oxygen atoms in total. The van der Waals surface area contributed by atoms with Crippen LogP contribution in [0.2, 0.25) is 25.1 Å². The zero-order valence-corrected chi connectivity index (χ0v) is 14.0. The summed E-state index contributed by atoms with van der Waals surface area (Å²) in [7, 11) is 0. The zero-order valence-electron chi connectivity index (χ0n) is 10.2. The lowest BCUT2D eigenvalue weighted by molar-refractivity contribution is -0.137. The van der Waals surface area contributed by atoms with Crippen LogP contribution in [-0.4, -0.2) is 4.98 Å². The van der Waals surface area contributed by atoms with Crippen LogP contribution in [0.3, 0.4) is 0 Å². The molecule has 118 valence electrons. The first-order chi connectivity index (χ1) is 10.1. The molecule has 0 bridgehead atoms. The molecule has 2 rings (SSSR count). The van der Waals surface area contributed by atoms with Crippen LogP contribution in [0.25, 0.3) is 11.1 Å². The number of nitrogens with zero attached hydrogens (tertiary/aromatic N) is 1. The van der Waals surface area contributed by atoms with Crippen molar-refractivity contribution in [2.45, 2.75) is 6.18 Å². The molecular weight excluding hydrogens is 406 g/mol. The molecule has 0 aliphatic rings. The average molecular weight is 410 g/mol. The molecule has 0 fully saturated rings. The van der Waals surface area contributed by atoms with E-state index < -0.39 is 23.1 Å². The SMILES string of the molecule is Nc1nccc(C(F)(F)F)c1-c1c(Cl)c(Cl)c(Cl)c(Cl)c1Cl. The van der Waals surface area contributed by atoms with Crippen molar-refractivity contribution in [2.75, 3.05) is 5.73 Å². The van der Waals surface area contributed by atoms with Gasteiger partial charge in [-0.25, -0.2) is 4.98 Å². The molecule has 2 aromatic rings. The number of benzene rings is 1. The third-order valence-electron chi connectivity index (χ3n) is 2.75. The molecule has 0 radical (unpaired) electrons. The van der Waals surface area contributed by atoms with Gasteiger partial charge in [0.2, 0.25) is 0 Å². The highest BCUT2D eigenvalue weighted by Crippen LogP contribution is 2.51. The van der Waals surface area contributed by atoms with Crippen molar-refractivity contribution in [1.82, 2.24) is 4.98 Å². The summed E-state index contributed by atoms with van der Waals surface area (Å²) in [5, 5.41) is -1.23. The van der Waals surface area contributed by atoms with Crippen LogP contribution in [0.1, 0.15) is 5.56 Å². The third-order valence-corrected chi connectivity index (χ3v) is 5.02. The lowest BCUT2D eigenvalue weighted by Crippen LogP contribution is -2.10. The van der Waals surface area contributed by atoms with E-state index in [1.54, 1.807) is 0 Å². The number of nitrogens with two attached hydrogens (primary N) is 1. The van der Waals surface area contributed by atoms with Crippen LogP contribution < -0.4 is 5.73 Å². The van der Waals surface area contributed by atoms with Crippen LogP contribution in [0, 0.1) is 0 Å². The van der Waals surface area contributed by atoms with Gasteiger partial charge >= 0.3 is 6.18 Å². The summed E-state index contributed by atoms with van der Waals surface area (Å²) >= 11 is 29.6. The first kappa shape index (κ1) is 17.8. The van der Waals surface area contributed by atoms with E-state index in [0.717, 1.165) is 12.3 Å². The topological polar surface area (TPSA) is 38.9 Å². The van der Waals surface area contributed by atoms with Crippen molar-refractivity contribution in [1.29, 1.82) is 0 Å². The zero-order chi connectivity index (χ0) is 16.8. The van der Waals surface area contributed by atoms with Gasteiger partial charge in [0.05, 0.1) is 30.7 Å². The van der Waals surface area contributed by atoms with Crippen molar-refractivity contribution in [3.63, 3.8) is 0 Å². The van der Waals surface area contributed by atoms with Crippen molar-refractivity contribution >= 4 is 63.8 Å². The van der Waals surface area contributed by atoms with E-state index in [1.807, 2.05) is 0 Å². The number of anilines is 1. The van der Waals surface area contributed by atoms with Gasteiger partial charge in [0, 0.05) is 17.3 Å². The van der Waals surface area contributed by atoms with E-state index in [2.05, 4.69) is 4.98 Å². The van der Waals surface area contributed by atoms with Crippen LogP contribution in [0.15, 0.2) is 12.3 Å². The highest BCUT2D eigenvalue weighted by Gasteiger charge is 2.37. The van der Waals surface area contributed by atoms with Crippen molar-refractivity contribution in [3.05, 3.63) is 42.9 Å². The predicted molar refractivity (Wildman–Crippen MR) is 84.1 cm³/mol. The largest absolute Gasteiger partial charge is 0.417 e. The molecule has 2 N–H and O–H groups in total. The lowest BCUT2D eigenvalue weighted by atomic mass is 10.00. The molecule has 10 heteroatoms. The monoisotopic (exact) mass is 408 g/mol. The molecule has 0 saturated heterocycles. The second kappa shape index (κ2) is 6.13. The molecular formula is C12H4Cl5F3N2. The van der Waals surface area contributed by atoms with Crippen molar-refractivity contribution in [2.24, 2.45) is 0 Å². The molecule has 0 saturated carbocycles. The Bertz CT molecular complexity index is 732. The van der Waals surface area contributed by atoms with Gasteiger partial charge in [-0.1, -0.05) is 58.0 Å². The Labute approximate surface area is 147 Å². The van der Waals surface area contributed by atoms with E-state index in [4.69, 9.17) is 63.7 Å². The maximum atomic E-state index is 13.2. The van der Waals surface area contributed by atoms with Crippen LogP contribution >= 0.6 is 58.0 Å². The van der Waals surface area contributed by atoms with Crippen molar-refractivity contribution < 1.29 is 13.2 Å². The number of nitrogen functional groups attached to an aromatic ring is 1. The first-order valence-corrected chi connectivity index (χ1v) is 7.29. The highest BCUT2D eigenvalue weighted by atomic mass is 35.5. The van der Waals surface area contributed by atoms with Crippen LogP contribution in [-0.2, 0) is 6.18 Å². The Kier molecular flexibility index (Phi) is 4.95. The van der Waals surface area contributed by atoms with E-state index in [0.29, 0.717) is 0 Å². The fourth-order valence-electron chi connectivity index (χ4n) is 1.80. The summed E-state index contributed by atoms with van der Waals surface area (Å²) in [6.07, 6.45) is -3.79. The number of aromatic nitrogens is 1. The number of halogens is 8. The predicted octanol–water partition coefficient (Wildman–Crippen LogP) is 6.62. The number of hydrogen-bond acceptors (Lipinski definition) is 2. The van der Waals surface area contributed by atoms with Gasteiger partial charge in [0.1, 0.15) is 5.82 Å². The summed E-state index contributed by atoms with van der Waals surface area (Å²) in [4.78, 5) is 3.63. The second-order valence-corrected chi connectivity index (χ2v) is 5.95. The Morgan fingerprint density at radius 1 is 0.818 bits per heavy atom. The number of pyridine rings is 1. The Hall–Kier alpha value is -0.590. The van der Waals surface area contributed by atoms with Crippen LogP contribution in [0.5, 0.6) is 0 Å². The maximum Gasteiger partial charge on any atom is 0.417 e. The Balaban J connectivity index is 2.96. The van der Waals surface area contributed by atoms with E-state index in [1.165, 1.54) is 0 Å². The lowest BCUT2D eigenvalue weighted by Gasteiger charge is -2.18. The van der Waals surface area contributed by atoms with Crippen molar-refractivity contribution in [3.8, 4) is 11.1 Å². The van der Waals surface area contributed by atoms with Crippen LogP contribution in [0.4, 0.5) is 19.0 Å². The molecule has 0 atom stereocenters. The van der Waals surface area contributed by atoms with Gasteiger partial charge in [-0.2, -0.15) is 13.2 Å². The minimum Gasteiger partial charge on any atom is -0.383 e. The fourth-order valence-corrected chi connectivity index (χ4v) is 3.13. The summed E-state index contributed by atoms with van der Waals surface area (Å²) in [5.41, 5.74) is 3.72. The molecule has 0 unspecified atom stereocenters. The smallest absolute Gasteiger partial charge is 0.383 e. The fraction of sp³-hybridized carbons (Fsp3) is 0.0833. The van der Waals surface area contributed by atoms with Gasteiger partial charge in [-0.05, 0) is 6.07 Å². The van der Waals surface area contributed by atoms with E-state index >= 15 is 0 Å². The normalized spacial score (nSPS) is 11.8. The first-order valence-electron chi connectivity index (χ1n) is 5.40. The molecule has 1 aromatic carbocycles. The minimum absolute atomic E-state index is 0.168. The van der Waals surface area contributed by atoms with E-state index in [-0.39, 0.29) is 30.7 Å². The maximum absolute atomic E-state index is 13.2. The van der Waals surface area contributed by atoms with Gasteiger partial charge in [0.15, 0.2) is 0 Å². The van der Waals surface area contributed by atoms with Gasteiger partial charge in [-0.3, -0.25) is 0 Å².